The molecule has 5 heteroatoms. The van der Waals surface area contributed by atoms with Crippen molar-refractivity contribution in [1.82, 2.24) is 9.78 Å². The van der Waals surface area contributed by atoms with Crippen LogP contribution in [0.3, 0.4) is 0 Å². The monoisotopic (exact) mass is 288 g/mol. The van der Waals surface area contributed by atoms with Crippen LogP contribution in [-0.4, -0.2) is 20.9 Å². The van der Waals surface area contributed by atoms with Gasteiger partial charge in [-0.05, 0) is 50.3 Å². The van der Waals surface area contributed by atoms with Crippen molar-refractivity contribution < 1.29 is 14.3 Å². The number of carboxylic acid groups (broad SMARTS) is 1. The Morgan fingerprint density at radius 2 is 2.05 bits per heavy atom. The molecule has 0 saturated carbocycles. The second kappa shape index (κ2) is 5.31. The Balaban J connectivity index is 2.20. The van der Waals surface area contributed by atoms with E-state index in [9.17, 15) is 14.3 Å². The second-order valence-corrected chi connectivity index (χ2v) is 5.51. The Kier molecular flexibility index (Phi) is 3.49. The average Bonchev–Trinajstić information content (AvgIpc) is 2.63. The molecule has 0 aliphatic heterocycles. The predicted octanol–water partition coefficient (Wildman–Crippen LogP) is 3.29. The minimum absolute atomic E-state index is 0.0619. The number of rotatable bonds is 2. The largest absolute Gasteiger partial charge is 0.476 e. The lowest BCUT2D eigenvalue weighted by atomic mass is 10.1. The van der Waals surface area contributed by atoms with Gasteiger partial charge in [-0.1, -0.05) is 12.5 Å². The van der Waals surface area contributed by atoms with Crippen molar-refractivity contribution >= 4 is 5.97 Å². The molecule has 1 aromatic carbocycles. The zero-order valence-electron chi connectivity index (χ0n) is 11.9. The van der Waals surface area contributed by atoms with Crippen molar-refractivity contribution in [1.29, 1.82) is 0 Å². The van der Waals surface area contributed by atoms with Gasteiger partial charge >= 0.3 is 5.97 Å². The number of hydrogen-bond donors (Lipinski definition) is 1. The molecule has 0 bridgehead atoms. The Labute approximate surface area is 122 Å². The van der Waals surface area contributed by atoms with Crippen molar-refractivity contribution in [3.05, 3.63) is 46.5 Å². The number of aryl methyl sites for hydroxylation is 1. The summed E-state index contributed by atoms with van der Waals surface area (Å²) >= 11 is 0. The lowest BCUT2D eigenvalue weighted by molar-refractivity contribution is 0.0688. The van der Waals surface area contributed by atoms with Crippen LogP contribution in [0.15, 0.2) is 18.2 Å². The molecule has 110 valence electrons. The molecule has 0 radical (unpaired) electrons. The Hall–Kier alpha value is -2.17. The van der Waals surface area contributed by atoms with E-state index in [2.05, 4.69) is 5.10 Å². The first-order valence-electron chi connectivity index (χ1n) is 7.18. The van der Waals surface area contributed by atoms with Crippen LogP contribution < -0.4 is 0 Å². The predicted molar refractivity (Wildman–Crippen MR) is 76.5 cm³/mol. The number of carboxylic acids is 1. The topological polar surface area (TPSA) is 55.1 Å². The highest BCUT2D eigenvalue weighted by Gasteiger charge is 2.25. The van der Waals surface area contributed by atoms with Gasteiger partial charge in [0.05, 0.1) is 0 Å². The molecule has 0 spiro atoms. The molecule has 1 N–H and O–H groups in total. The quantitative estimate of drug-likeness (QED) is 0.863. The molecule has 1 aromatic heterocycles. The van der Waals surface area contributed by atoms with Crippen LogP contribution in [0.25, 0.3) is 5.69 Å². The van der Waals surface area contributed by atoms with Gasteiger partial charge in [-0.3, -0.25) is 0 Å². The molecule has 0 atom stereocenters. The van der Waals surface area contributed by atoms with E-state index in [4.69, 9.17) is 0 Å². The SMILES string of the molecule is Cc1ccc(-n2nc(C(=O)O)c3c2CCCCC3)c(F)c1. The highest BCUT2D eigenvalue weighted by Crippen LogP contribution is 2.27. The maximum Gasteiger partial charge on any atom is 0.356 e. The summed E-state index contributed by atoms with van der Waals surface area (Å²) < 4.78 is 15.7. The molecule has 0 amide bonds. The van der Waals surface area contributed by atoms with Gasteiger partial charge in [0.25, 0.3) is 0 Å². The van der Waals surface area contributed by atoms with Crippen molar-refractivity contribution in [2.45, 2.75) is 39.0 Å². The third-order valence-corrected chi connectivity index (χ3v) is 3.96. The Morgan fingerprint density at radius 3 is 2.76 bits per heavy atom. The number of hydrogen-bond acceptors (Lipinski definition) is 2. The van der Waals surface area contributed by atoms with Crippen LogP contribution in [0.2, 0.25) is 0 Å². The molecule has 0 unspecified atom stereocenters. The normalized spacial score (nSPS) is 14.6. The van der Waals surface area contributed by atoms with Crippen LogP contribution in [0.4, 0.5) is 4.39 Å². The number of fused-ring (bicyclic) bond motifs is 1. The summed E-state index contributed by atoms with van der Waals surface area (Å²) in [5.41, 5.74) is 2.82. The third-order valence-electron chi connectivity index (χ3n) is 3.96. The number of aromatic carboxylic acids is 1. The van der Waals surface area contributed by atoms with Gasteiger partial charge in [0.15, 0.2) is 5.69 Å². The number of aromatic nitrogens is 2. The molecule has 3 rings (SSSR count). The summed E-state index contributed by atoms with van der Waals surface area (Å²) in [5.74, 6) is -1.42. The van der Waals surface area contributed by atoms with Gasteiger partial charge in [0, 0.05) is 11.3 Å². The fraction of sp³-hybridized carbons (Fsp3) is 0.375. The summed E-state index contributed by atoms with van der Waals surface area (Å²) in [5, 5.41) is 13.5. The van der Waals surface area contributed by atoms with Gasteiger partial charge in [0.1, 0.15) is 11.5 Å². The molecular formula is C16H17FN2O2. The summed E-state index contributed by atoms with van der Waals surface area (Å²) in [6.45, 7) is 1.82. The van der Waals surface area contributed by atoms with E-state index < -0.39 is 5.97 Å². The first-order chi connectivity index (χ1) is 10.1. The van der Waals surface area contributed by atoms with E-state index in [0.29, 0.717) is 12.1 Å². The van der Waals surface area contributed by atoms with Crippen molar-refractivity contribution in [3.63, 3.8) is 0 Å². The molecule has 21 heavy (non-hydrogen) atoms. The highest BCUT2D eigenvalue weighted by atomic mass is 19.1. The van der Waals surface area contributed by atoms with E-state index in [1.54, 1.807) is 6.07 Å². The van der Waals surface area contributed by atoms with Crippen LogP contribution in [0.5, 0.6) is 0 Å². The van der Waals surface area contributed by atoms with E-state index in [0.717, 1.165) is 42.5 Å². The molecule has 2 aromatic rings. The van der Waals surface area contributed by atoms with E-state index in [1.165, 1.54) is 10.7 Å². The zero-order valence-corrected chi connectivity index (χ0v) is 11.9. The molecule has 1 aliphatic carbocycles. The van der Waals surface area contributed by atoms with Crippen LogP contribution >= 0.6 is 0 Å². The van der Waals surface area contributed by atoms with Gasteiger partial charge < -0.3 is 5.11 Å². The van der Waals surface area contributed by atoms with Crippen LogP contribution in [0, 0.1) is 12.7 Å². The van der Waals surface area contributed by atoms with Crippen LogP contribution in [0.1, 0.15) is 46.6 Å². The minimum Gasteiger partial charge on any atom is -0.476 e. The van der Waals surface area contributed by atoms with E-state index in [1.807, 2.05) is 13.0 Å². The fourth-order valence-corrected chi connectivity index (χ4v) is 2.93. The maximum absolute atomic E-state index is 14.2. The van der Waals surface area contributed by atoms with Gasteiger partial charge in [-0.15, -0.1) is 0 Å². The minimum atomic E-state index is -1.04. The molecular weight excluding hydrogens is 271 g/mol. The lowest BCUT2D eigenvalue weighted by Crippen LogP contribution is -2.06. The Morgan fingerprint density at radius 1 is 1.29 bits per heavy atom. The Bertz CT molecular complexity index is 707. The number of halogens is 1. The van der Waals surface area contributed by atoms with E-state index in [-0.39, 0.29) is 11.5 Å². The van der Waals surface area contributed by atoms with Gasteiger partial charge in [-0.25, -0.2) is 13.9 Å². The number of nitrogens with zero attached hydrogens (tertiary/aromatic N) is 2. The van der Waals surface area contributed by atoms with Gasteiger partial charge in [0.2, 0.25) is 0 Å². The van der Waals surface area contributed by atoms with Crippen molar-refractivity contribution in [2.75, 3.05) is 0 Å². The summed E-state index contributed by atoms with van der Waals surface area (Å²) in [7, 11) is 0. The molecule has 4 nitrogen and oxygen atoms in total. The molecule has 1 heterocycles. The molecule has 0 fully saturated rings. The number of benzene rings is 1. The van der Waals surface area contributed by atoms with Crippen LogP contribution in [-0.2, 0) is 12.8 Å². The summed E-state index contributed by atoms with van der Waals surface area (Å²) in [6, 6.07) is 4.92. The third kappa shape index (κ3) is 2.44. The maximum atomic E-state index is 14.2. The highest BCUT2D eigenvalue weighted by molar-refractivity contribution is 5.87. The standard InChI is InChI=1S/C16H17FN2O2/c1-10-7-8-14(12(17)9-10)19-13-6-4-2-3-5-11(13)15(18-19)16(20)21/h7-9H,2-6H2,1H3,(H,20,21). The number of carbonyl (C=O) groups is 1. The summed E-state index contributed by atoms with van der Waals surface area (Å²) in [4.78, 5) is 11.4. The fourth-order valence-electron chi connectivity index (χ4n) is 2.93. The smallest absolute Gasteiger partial charge is 0.356 e. The zero-order chi connectivity index (χ0) is 15.0. The van der Waals surface area contributed by atoms with Crippen molar-refractivity contribution in [3.8, 4) is 5.69 Å². The lowest BCUT2D eigenvalue weighted by Gasteiger charge is -2.09. The first-order valence-corrected chi connectivity index (χ1v) is 7.18. The first kappa shape index (κ1) is 13.8. The summed E-state index contributed by atoms with van der Waals surface area (Å²) in [6.07, 6.45) is 4.43. The second-order valence-electron chi connectivity index (χ2n) is 5.51. The van der Waals surface area contributed by atoms with Gasteiger partial charge in [-0.2, -0.15) is 5.10 Å². The van der Waals surface area contributed by atoms with Crippen molar-refractivity contribution in [2.24, 2.45) is 0 Å². The molecule has 0 saturated heterocycles. The van der Waals surface area contributed by atoms with E-state index >= 15 is 0 Å². The average molecular weight is 288 g/mol. The molecule has 1 aliphatic rings.